The minimum atomic E-state index is -0.634. The van der Waals surface area contributed by atoms with E-state index < -0.39 is 5.91 Å². The van der Waals surface area contributed by atoms with Crippen LogP contribution in [-0.4, -0.2) is 20.6 Å². The van der Waals surface area contributed by atoms with E-state index in [1.54, 1.807) is 17.6 Å². The van der Waals surface area contributed by atoms with E-state index in [1.807, 2.05) is 13.8 Å². The third kappa shape index (κ3) is 2.17. The van der Waals surface area contributed by atoms with Crippen molar-refractivity contribution in [2.75, 3.05) is 5.73 Å². The van der Waals surface area contributed by atoms with Gasteiger partial charge in [-0.15, -0.1) is 0 Å². The molecule has 0 spiro atoms. The van der Waals surface area contributed by atoms with E-state index in [0.29, 0.717) is 33.6 Å². The van der Waals surface area contributed by atoms with Crippen molar-refractivity contribution in [2.45, 2.75) is 27.2 Å². The number of nitrogens with two attached hydrogens (primary N) is 2. The summed E-state index contributed by atoms with van der Waals surface area (Å²) in [6.45, 7) is 5.64. The molecule has 0 aromatic carbocycles. The molecule has 0 aliphatic heterocycles. The second kappa shape index (κ2) is 5.56. The van der Waals surface area contributed by atoms with Crippen LogP contribution in [-0.2, 0) is 0 Å². The predicted molar refractivity (Wildman–Crippen MR) is 95.8 cm³/mol. The van der Waals surface area contributed by atoms with Crippen LogP contribution in [0.1, 0.15) is 36.2 Å². The molecule has 2 aromatic heterocycles. The number of allylic oxidation sites excluding steroid dienone is 3. The van der Waals surface area contributed by atoms with Crippen molar-refractivity contribution >= 4 is 40.1 Å². The first-order chi connectivity index (χ1) is 11.3. The van der Waals surface area contributed by atoms with Crippen LogP contribution in [0.4, 0.5) is 5.82 Å². The molecule has 1 amide bonds. The Morgan fingerprint density at radius 3 is 2.75 bits per heavy atom. The maximum Gasteiger partial charge on any atom is 0.253 e. The Balaban J connectivity index is 2.49. The van der Waals surface area contributed by atoms with Crippen molar-refractivity contribution in [1.82, 2.24) is 9.55 Å². The van der Waals surface area contributed by atoms with E-state index >= 15 is 0 Å². The van der Waals surface area contributed by atoms with Gasteiger partial charge in [0.25, 0.3) is 5.91 Å². The molecule has 1 atom stereocenters. The van der Waals surface area contributed by atoms with E-state index in [-0.39, 0.29) is 23.1 Å². The van der Waals surface area contributed by atoms with Crippen LogP contribution in [0.25, 0.3) is 16.7 Å². The van der Waals surface area contributed by atoms with Crippen LogP contribution in [0, 0.1) is 12.8 Å². The summed E-state index contributed by atoms with van der Waals surface area (Å²) in [5.74, 6) is -0.121. The van der Waals surface area contributed by atoms with Gasteiger partial charge in [0.15, 0.2) is 0 Å². The third-order valence-electron chi connectivity index (χ3n) is 4.60. The molecule has 0 radical (unpaired) electrons. The molecule has 126 valence electrons. The number of amides is 1. The van der Waals surface area contributed by atoms with Crippen LogP contribution >= 0.6 is 11.6 Å². The van der Waals surface area contributed by atoms with E-state index in [0.717, 1.165) is 5.70 Å². The number of fused-ring (bicyclic) bond motifs is 1. The zero-order valence-corrected chi connectivity index (χ0v) is 14.5. The predicted octanol–water partition coefficient (Wildman–Crippen LogP) is 3.39. The molecular weight excluding hydrogens is 328 g/mol. The lowest BCUT2D eigenvalue weighted by Crippen LogP contribution is -2.17. The Labute approximate surface area is 144 Å². The Hall–Kier alpha value is -2.47. The summed E-state index contributed by atoms with van der Waals surface area (Å²) in [6, 6.07) is 0. The second-order valence-corrected chi connectivity index (χ2v) is 6.53. The number of carbonyl (C=O) groups excluding carboxylic acids is 1. The summed E-state index contributed by atoms with van der Waals surface area (Å²) in [4.78, 5) is 16.4. The number of aryl methyl sites for hydroxylation is 1. The van der Waals surface area contributed by atoms with Gasteiger partial charge in [-0.1, -0.05) is 18.5 Å². The van der Waals surface area contributed by atoms with Crippen LogP contribution < -0.4 is 11.5 Å². The quantitative estimate of drug-likeness (QED) is 0.774. The molecular formula is C17H19ClN4O2. The number of carbonyl (C=O) groups is 1. The molecule has 1 aliphatic rings. The minimum absolute atomic E-state index is 0.0947. The van der Waals surface area contributed by atoms with Crippen LogP contribution in [0.5, 0.6) is 0 Å². The molecule has 6 nitrogen and oxygen atoms in total. The van der Waals surface area contributed by atoms with Crippen molar-refractivity contribution in [2.24, 2.45) is 11.7 Å². The lowest BCUT2D eigenvalue weighted by molar-refractivity contribution is 0.100. The summed E-state index contributed by atoms with van der Waals surface area (Å²) in [5.41, 5.74) is 14.8. The number of halogens is 1. The smallest absolute Gasteiger partial charge is 0.253 e. The molecule has 0 unspecified atom stereocenters. The lowest BCUT2D eigenvalue weighted by Gasteiger charge is -2.24. The van der Waals surface area contributed by atoms with Crippen LogP contribution in [0.15, 0.2) is 23.6 Å². The van der Waals surface area contributed by atoms with Crippen LogP contribution in [0.3, 0.4) is 0 Å². The molecule has 0 fully saturated rings. The number of rotatable bonds is 2. The number of anilines is 1. The topological polar surface area (TPSA) is 107 Å². The highest BCUT2D eigenvalue weighted by atomic mass is 35.5. The first kappa shape index (κ1) is 16.4. The number of aromatic nitrogens is 2. The van der Waals surface area contributed by atoms with Crippen molar-refractivity contribution in [3.05, 3.63) is 39.8 Å². The fraction of sp³-hybridized carbons (Fsp3) is 0.294. The fourth-order valence-electron chi connectivity index (χ4n) is 3.32. The van der Waals surface area contributed by atoms with Gasteiger partial charge in [0.1, 0.15) is 17.2 Å². The van der Waals surface area contributed by atoms with Gasteiger partial charge in [-0.05, 0) is 31.9 Å². The second-order valence-electron chi connectivity index (χ2n) is 6.13. The lowest BCUT2D eigenvalue weighted by atomic mass is 9.93. The number of pyridine rings is 1. The highest BCUT2D eigenvalue weighted by Gasteiger charge is 2.28. The third-order valence-corrected chi connectivity index (χ3v) is 4.98. The Bertz CT molecular complexity index is 940. The number of hydrogen-bond acceptors (Lipinski definition) is 4. The van der Waals surface area contributed by atoms with E-state index in [1.165, 1.54) is 6.20 Å². The van der Waals surface area contributed by atoms with Crippen molar-refractivity contribution in [1.29, 1.82) is 0 Å². The number of hydrogen-bond donors (Lipinski definition) is 3. The average molecular weight is 347 g/mol. The highest BCUT2D eigenvalue weighted by molar-refractivity contribution is 6.32. The zero-order valence-electron chi connectivity index (χ0n) is 13.7. The number of primary amides is 1. The van der Waals surface area contributed by atoms with Crippen molar-refractivity contribution in [3.63, 3.8) is 0 Å². The first-order valence-corrected chi connectivity index (χ1v) is 7.98. The molecule has 0 saturated heterocycles. The summed E-state index contributed by atoms with van der Waals surface area (Å²) in [6.07, 6.45) is 3.96. The first-order valence-electron chi connectivity index (χ1n) is 7.61. The molecule has 24 heavy (non-hydrogen) atoms. The number of aliphatic hydroxyl groups is 1. The Kier molecular flexibility index (Phi) is 3.80. The van der Waals surface area contributed by atoms with Crippen LogP contribution in [0.2, 0.25) is 5.02 Å². The molecule has 7 heteroatoms. The van der Waals surface area contributed by atoms with Gasteiger partial charge in [-0.25, -0.2) is 4.98 Å². The molecule has 2 aromatic rings. The molecule has 1 aliphatic carbocycles. The molecule has 0 bridgehead atoms. The van der Waals surface area contributed by atoms with Gasteiger partial charge < -0.3 is 16.6 Å². The Morgan fingerprint density at radius 1 is 1.46 bits per heavy atom. The van der Waals surface area contributed by atoms with Crippen molar-refractivity contribution in [3.8, 4) is 0 Å². The van der Waals surface area contributed by atoms with Gasteiger partial charge in [0, 0.05) is 28.8 Å². The highest BCUT2D eigenvalue weighted by Crippen LogP contribution is 2.40. The molecule has 5 N–H and O–H groups in total. The van der Waals surface area contributed by atoms with Gasteiger partial charge >= 0.3 is 0 Å². The van der Waals surface area contributed by atoms with E-state index in [2.05, 4.69) is 4.98 Å². The van der Waals surface area contributed by atoms with E-state index in [4.69, 9.17) is 23.1 Å². The van der Waals surface area contributed by atoms with Gasteiger partial charge in [-0.2, -0.15) is 0 Å². The normalized spacial score (nSPS) is 18.2. The maximum absolute atomic E-state index is 12.0. The minimum Gasteiger partial charge on any atom is -0.508 e. The van der Waals surface area contributed by atoms with Gasteiger partial charge in [-0.3, -0.25) is 9.36 Å². The van der Waals surface area contributed by atoms with E-state index in [9.17, 15) is 9.90 Å². The Morgan fingerprint density at radius 2 is 2.12 bits per heavy atom. The average Bonchev–Trinajstić information content (AvgIpc) is 2.81. The SMILES string of the molecule is CC1=C(n2c(N)c(C(N)=O)c3c(C)c(Cl)cnc32)[C@H](C)CC=C1O. The number of nitrogens with zero attached hydrogens (tertiary/aromatic N) is 2. The molecule has 3 rings (SSSR count). The summed E-state index contributed by atoms with van der Waals surface area (Å²) < 4.78 is 1.71. The zero-order chi connectivity index (χ0) is 17.8. The van der Waals surface area contributed by atoms with Crippen molar-refractivity contribution < 1.29 is 9.90 Å². The summed E-state index contributed by atoms with van der Waals surface area (Å²) in [5, 5.41) is 11.1. The monoisotopic (exact) mass is 346 g/mol. The van der Waals surface area contributed by atoms with Gasteiger partial charge in [0.2, 0.25) is 0 Å². The number of nitrogen functional groups attached to an aromatic ring is 1. The standard InChI is InChI=1S/C17H19ClN4O2/c1-7-4-5-11(23)9(3)14(7)22-15(19)13(16(20)24)12-8(2)10(18)6-21-17(12)22/h5-7,23H,4,19H2,1-3H3,(H2,20,24)/t7-/m1/s1. The molecule has 2 heterocycles. The fourth-order valence-corrected chi connectivity index (χ4v) is 3.47. The summed E-state index contributed by atoms with van der Waals surface area (Å²) in [7, 11) is 0. The number of aliphatic hydroxyl groups excluding tert-OH is 1. The van der Waals surface area contributed by atoms with Gasteiger partial charge in [0.05, 0.1) is 10.6 Å². The molecule has 0 saturated carbocycles. The maximum atomic E-state index is 12.0. The largest absolute Gasteiger partial charge is 0.508 e. The summed E-state index contributed by atoms with van der Waals surface area (Å²) >= 11 is 6.17.